The fourth-order valence-corrected chi connectivity index (χ4v) is 1.59. The summed E-state index contributed by atoms with van der Waals surface area (Å²) < 4.78 is 4.93. The summed E-state index contributed by atoms with van der Waals surface area (Å²) >= 11 is 0. The van der Waals surface area contributed by atoms with Gasteiger partial charge in [0, 0.05) is 38.1 Å². The Bertz CT molecular complexity index is 394. The van der Waals surface area contributed by atoms with Gasteiger partial charge in [0.2, 0.25) is 0 Å². The molecule has 0 spiro atoms. The second kappa shape index (κ2) is 7.66. The van der Waals surface area contributed by atoms with Crippen LogP contribution in [0.1, 0.15) is 29.4 Å². The Kier molecular flexibility index (Phi) is 6.14. The third kappa shape index (κ3) is 4.71. The molecule has 0 aliphatic rings. The van der Waals surface area contributed by atoms with Crippen molar-refractivity contribution in [3.63, 3.8) is 0 Å². The van der Waals surface area contributed by atoms with Crippen molar-refractivity contribution in [2.45, 2.75) is 20.3 Å². The first-order valence-electron chi connectivity index (χ1n) is 6.17. The van der Waals surface area contributed by atoms with Gasteiger partial charge in [-0.3, -0.25) is 4.79 Å². The predicted molar refractivity (Wildman–Crippen MR) is 72.0 cm³/mol. The molecule has 0 aliphatic carbocycles. The van der Waals surface area contributed by atoms with E-state index in [4.69, 9.17) is 4.74 Å². The maximum atomic E-state index is 11.9. The number of aryl methyl sites for hydroxylation is 1. The molecule has 0 radical (unpaired) electrons. The summed E-state index contributed by atoms with van der Waals surface area (Å²) in [5.74, 6) is 0.662. The topological polar surface area (TPSA) is 63.2 Å². The Morgan fingerprint density at radius 2 is 2.22 bits per heavy atom. The number of anilines is 1. The number of carbonyl (C=O) groups is 1. The number of nitrogens with one attached hydrogen (secondary N) is 2. The average Bonchev–Trinajstić information content (AvgIpc) is 2.34. The first-order chi connectivity index (χ1) is 8.67. The van der Waals surface area contributed by atoms with Gasteiger partial charge in [0.05, 0.1) is 0 Å². The number of nitrogens with zero attached hydrogens (tertiary/aromatic N) is 1. The lowest BCUT2D eigenvalue weighted by molar-refractivity contribution is 0.0948. The maximum absolute atomic E-state index is 11.9. The van der Waals surface area contributed by atoms with Crippen LogP contribution in [-0.4, -0.2) is 37.7 Å². The van der Waals surface area contributed by atoms with Crippen LogP contribution in [0.3, 0.4) is 0 Å². The molecule has 5 heteroatoms. The summed E-state index contributed by atoms with van der Waals surface area (Å²) in [5.41, 5.74) is 1.46. The number of aromatic nitrogens is 1. The second-order valence-corrected chi connectivity index (χ2v) is 4.02. The van der Waals surface area contributed by atoms with Gasteiger partial charge in [0.25, 0.3) is 5.91 Å². The zero-order valence-corrected chi connectivity index (χ0v) is 11.2. The van der Waals surface area contributed by atoms with Gasteiger partial charge < -0.3 is 15.4 Å². The zero-order valence-electron chi connectivity index (χ0n) is 11.2. The van der Waals surface area contributed by atoms with E-state index in [1.807, 2.05) is 13.8 Å². The van der Waals surface area contributed by atoms with Gasteiger partial charge in [0.15, 0.2) is 0 Å². The van der Waals surface area contributed by atoms with Gasteiger partial charge in [0.1, 0.15) is 5.82 Å². The number of methoxy groups -OCH3 is 1. The molecular weight excluding hydrogens is 230 g/mol. The summed E-state index contributed by atoms with van der Waals surface area (Å²) in [4.78, 5) is 16.2. The quantitative estimate of drug-likeness (QED) is 0.722. The molecule has 100 valence electrons. The highest BCUT2D eigenvalue weighted by Crippen LogP contribution is 2.09. The minimum atomic E-state index is -0.0734. The normalized spacial score (nSPS) is 10.2. The monoisotopic (exact) mass is 251 g/mol. The number of carbonyl (C=O) groups excluding carboxylic acids is 1. The van der Waals surface area contributed by atoms with Gasteiger partial charge >= 0.3 is 0 Å². The Morgan fingerprint density at radius 3 is 2.89 bits per heavy atom. The van der Waals surface area contributed by atoms with Crippen LogP contribution < -0.4 is 10.6 Å². The molecule has 18 heavy (non-hydrogen) atoms. The maximum Gasteiger partial charge on any atom is 0.251 e. The summed E-state index contributed by atoms with van der Waals surface area (Å²) in [6, 6.07) is 3.55. The first kappa shape index (κ1) is 14.4. The van der Waals surface area contributed by atoms with Gasteiger partial charge in [-0.15, -0.1) is 0 Å². The third-order valence-electron chi connectivity index (χ3n) is 2.38. The minimum Gasteiger partial charge on any atom is -0.385 e. The minimum absolute atomic E-state index is 0.0734. The van der Waals surface area contributed by atoms with Crippen molar-refractivity contribution in [2.75, 3.05) is 32.1 Å². The van der Waals surface area contributed by atoms with Crippen molar-refractivity contribution >= 4 is 11.7 Å². The summed E-state index contributed by atoms with van der Waals surface area (Å²) in [6.07, 6.45) is 0.812. The van der Waals surface area contributed by atoms with Crippen molar-refractivity contribution in [3.8, 4) is 0 Å². The Hall–Kier alpha value is -1.62. The van der Waals surface area contributed by atoms with Crippen molar-refractivity contribution in [1.29, 1.82) is 0 Å². The van der Waals surface area contributed by atoms with Gasteiger partial charge in [-0.05, 0) is 32.4 Å². The molecule has 0 unspecified atom stereocenters. The fraction of sp³-hybridized carbons (Fsp3) is 0.538. The number of ether oxygens (including phenoxy) is 1. The number of hydrogen-bond donors (Lipinski definition) is 2. The van der Waals surface area contributed by atoms with Crippen LogP contribution in [0.2, 0.25) is 0 Å². The van der Waals surface area contributed by atoms with Crippen LogP contribution in [-0.2, 0) is 4.74 Å². The number of hydrogen-bond acceptors (Lipinski definition) is 4. The second-order valence-electron chi connectivity index (χ2n) is 4.02. The van der Waals surface area contributed by atoms with Crippen LogP contribution in [0.4, 0.5) is 5.82 Å². The summed E-state index contributed by atoms with van der Waals surface area (Å²) in [5, 5.41) is 5.96. The lowest BCUT2D eigenvalue weighted by Crippen LogP contribution is -2.25. The van der Waals surface area contributed by atoms with Crippen LogP contribution in [0.5, 0.6) is 0 Å². The molecular formula is C13H21N3O2. The van der Waals surface area contributed by atoms with Crippen molar-refractivity contribution in [3.05, 3.63) is 23.4 Å². The molecule has 1 amide bonds. The molecule has 1 heterocycles. The van der Waals surface area contributed by atoms with E-state index in [0.717, 1.165) is 24.5 Å². The number of amides is 1. The summed E-state index contributed by atoms with van der Waals surface area (Å²) in [6.45, 7) is 5.92. The van der Waals surface area contributed by atoms with Gasteiger partial charge in [-0.1, -0.05) is 0 Å². The molecule has 1 aromatic heterocycles. The molecule has 1 rings (SSSR count). The van der Waals surface area contributed by atoms with Gasteiger partial charge in [-0.25, -0.2) is 4.98 Å². The Balaban J connectivity index is 2.61. The molecule has 0 bridgehead atoms. The van der Waals surface area contributed by atoms with E-state index in [-0.39, 0.29) is 5.91 Å². The predicted octanol–water partition coefficient (Wildman–Crippen LogP) is 1.59. The zero-order chi connectivity index (χ0) is 13.4. The Morgan fingerprint density at radius 1 is 1.44 bits per heavy atom. The molecule has 5 nitrogen and oxygen atoms in total. The van der Waals surface area contributed by atoms with Crippen molar-refractivity contribution in [2.24, 2.45) is 0 Å². The van der Waals surface area contributed by atoms with Crippen LogP contribution in [0.15, 0.2) is 12.1 Å². The van der Waals surface area contributed by atoms with Crippen LogP contribution >= 0.6 is 0 Å². The molecule has 0 atom stereocenters. The standard InChI is InChI=1S/C13H21N3O2/c1-4-14-12-9-11(8-10(2)16-12)13(17)15-6-5-7-18-3/h8-9H,4-7H2,1-3H3,(H,14,16)(H,15,17). The molecule has 0 saturated heterocycles. The van der Waals surface area contributed by atoms with E-state index >= 15 is 0 Å². The lowest BCUT2D eigenvalue weighted by atomic mass is 10.2. The molecule has 1 aromatic rings. The van der Waals surface area contributed by atoms with E-state index in [1.54, 1.807) is 19.2 Å². The lowest BCUT2D eigenvalue weighted by Gasteiger charge is -2.08. The van der Waals surface area contributed by atoms with E-state index in [1.165, 1.54) is 0 Å². The smallest absolute Gasteiger partial charge is 0.251 e. The molecule has 0 aliphatic heterocycles. The van der Waals surface area contributed by atoms with E-state index < -0.39 is 0 Å². The molecule has 0 fully saturated rings. The van der Waals surface area contributed by atoms with Gasteiger partial charge in [-0.2, -0.15) is 0 Å². The van der Waals surface area contributed by atoms with Crippen LogP contribution in [0, 0.1) is 6.92 Å². The first-order valence-corrected chi connectivity index (χ1v) is 6.17. The fourth-order valence-electron chi connectivity index (χ4n) is 1.59. The molecule has 0 saturated carbocycles. The molecule has 0 aromatic carbocycles. The highest BCUT2D eigenvalue weighted by Gasteiger charge is 2.07. The van der Waals surface area contributed by atoms with E-state index in [0.29, 0.717) is 18.7 Å². The SMILES string of the molecule is CCNc1cc(C(=O)NCCCOC)cc(C)n1. The molecule has 2 N–H and O–H groups in total. The Labute approximate surface area is 108 Å². The van der Waals surface area contributed by atoms with Crippen molar-refractivity contribution < 1.29 is 9.53 Å². The average molecular weight is 251 g/mol. The highest BCUT2D eigenvalue weighted by atomic mass is 16.5. The largest absolute Gasteiger partial charge is 0.385 e. The third-order valence-corrected chi connectivity index (χ3v) is 2.38. The number of pyridine rings is 1. The van der Waals surface area contributed by atoms with E-state index in [9.17, 15) is 4.79 Å². The van der Waals surface area contributed by atoms with Crippen molar-refractivity contribution in [1.82, 2.24) is 10.3 Å². The highest BCUT2D eigenvalue weighted by molar-refractivity contribution is 5.94. The summed E-state index contributed by atoms with van der Waals surface area (Å²) in [7, 11) is 1.65. The number of rotatable bonds is 7. The van der Waals surface area contributed by atoms with Crippen LogP contribution in [0.25, 0.3) is 0 Å². The van der Waals surface area contributed by atoms with E-state index in [2.05, 4.69) is 15.6 Å².